The maximum atomic E-state index is 11.5. The third-order valence-corrected chi connectivity index (χ3v) is 2.26. The molecular formula is C9H10N4O2-2. The van der Waals surface area contributed by atoms with Gasteiger partial charge in [-0.2, -0.15) is 0 Å². The largest absolute Gasteiger partial charge is 0.740 e. The SMILES string of the molecule is CNc1ccc(N)c2c1C=CN([O-])N2[O-]. The fourth-order valence-corrected chi connectivity index (χ4v) is 1.52. The van der Waals surface area contributed by atoms with Crippen molar-refractivity contribution in [3.05, 3.63) is 34.3 Å². The van der Waals surface area contributed by atoms with Crippen LogP contribution in [-0.4, -0.2) is 12.2 Å². The van der Waals surface area contributed by atoms with Gasteiger partial charge in [-0.1, -0.05) is 0 Å². The third-order valence-electron chi connectivity index (χ3n) is 2.26. The lowest BCUT2D eigenvalue weighted by Gasteiger charge is -2.48. The fourth-order valence-electron chi connectivity index (χ4n) is 1.52. The number of nitrogens with two attached hydrogens (primary N) is 1. The summed E-state index contributed by atoms with van der Waals surface area (Å²) in [6.45, 7) is 0. The summed E-state index contributed by atoms with van der Waals surface area (Å²) >= 11 is 0. The third kappa shape index (κ3) is 1.36. The molecule has 0 unspecified atom stereocenters. The average molecular weight is 206 g/mol. The zero-order chi connectivity index (χ0) is 11.0. The van der Waals surface area contributed by atoms with Crippen LogP contribution in [0.15, 0.2) is 18.3 Å². The Bertz CT molecular complexity index is 419. The Morgan fingerprint density at radius 1 is 1.33 bits per heavy atom. The normalized spacial score (nSPS) is 14.1. The first-order valence-electron chi connectivity index (χ1n) is 4.37. The minimum absolute atomic E-state index is 0.180. The van der Waals surface area contributed by atoms with E-state index >= 15 is 0 Å². The Balaban J connectivity index is 2.64. The van der Waals surface area contributed by atoms with Crippen LogP contribution in [0.5, 0.6) is 0 Å². The summed E-state index contributed by atoms with van der Waals surface area (Å²) in [6.07, 6.45) is 2.70. The topological polar surface area (TPSA) is 90.6 Å². The van der Waals surface area contributed by atoms with E-state index in [0.29, 0.717) is 5.56 Å². The molecule has 1 aliphatic rings. The molecule has 0 spiro atoms. The highest BCUT2D eigenvalue weighted by molar-refractivity contribution is 5.88. The number of nitrogen functional groups attached to an aromatic ring is 1. The van der Waals surface area contributed by atoms with Crippen molar-refractivity contribution in [2.75, 3.05) is 23.3 Å². The van der Waals surface area contributed by atoms with Crippen molar-refractivity contribution in [1.29, 1.82) is 0 Å². The number of nitrogens with one attached hydrogen (secondary N) is 1. The molecule has 1 heterocycles. The number of benzene rings is 1. The Morgan fingerprint density at radius 3 is 2.73 bits per heavy atom. The van der Waals surface area contributed by atoms with Crippen LogP contribution >= 0.6 is 0 Å². The van der Waals surface area contributed by atoms with Crippen LogP contribution in [0.4, 0.5) is 17.1 Å². The molecule has 1 aromatic rings. The van der Waals surface area contributed by atoms with Gasteiger partial charge in [0.05, 0.1) is 11.4 Å². The monoisotopic (exact) mass is 206 g/mol. The van der Waals surface area contributed by atoms with E-state index < -0.39 is 0 Å². The van der Waals surface area contributed by atoms with Gasteiger partial charge in [-0.3, -0.25) is 0 Å². The number of rotatable bonds is 1. The molecule has 0 aliphatic carbocycles. The number of nitrogens with zero attached hydrogens (tertiary/aromatic N) is 2. The van der Waals surface area contributed by atoms with E-state index in [2.05, 4.69) is 5.32 Å². The van der Waals surface area contributed by atoms with Gasteiger partial charge < -0.3 is 31.8 Å². The molecule has 0 fully saturated rings. The standard InChI is InChI=1S/C9H10N4O2/c1-11-8-3-2-7(10)9-6(8)4-5-12(14)13(9)15/h2-5,11H,10H2,1H3/q-2. The van der Waals surface area contributed by atoms with Crippen LogP contribution < -0.4 is 16.2 Å². The van der Waals surface area contributed by atoms with E-state index in [-0.39, 0.29) is 21.7 Å². The van der Waals surface area contributed by atoms with Crippen LogP contribution in [0.2, 0.25) is 0 Å². The van der Waals surface area contributed by atoms with Crippen molar-refractivity contribution in [2.45, 2.75) is 0 Å². The van der Waals surface area contributed by atoms with Gasteiger partial charge in [-0.25, -0.2) is 0 Å². The Hall–Kier alpha value is -1.92. The number of anilines is 3. The summed E-state index contributed by atoms with van der Waals surface area (Å²) in [4.78, 5) is 0. The smallest absolute Gasteiger partial charge is 0.0771 e. The van der Waals surface area contributed by atoms with Crippen molar-refractivity contribution in [2.24, 2.45) is 0 Å². The maximum Gasteiger partial charge on any atom is 0.0771 e. The number of hydrazine groups is 1. The summed E-state index contributed by atoms with van der Waals surface area (Å²) in [5.41, 5.74) is 7.49. The molecule has 15 heavy (non-hydrogen) atoms. The zero-order valence-corrected chi connectivity index (χ0v) is 8.10. The molecule has 1 aromatic carbocycles. The van der Waals surface area contributed by atoms with E-state index in [1.54, 1.807) is 25.3 Å². The van der Waals surface area contributed by atoms with Crippen LogP contribution in [0, 0.1) is 10.4 Å². The highest BCUT2D eigenvalue weighted by Gasteiger charge is 2.14. The van der Waals surface area contributed by atoms with Gasteiger partial charge in [-0.15, -0.1) is 0 Å². The summed E-state index contributed by atoms with van der Waals surface area (Å²) in [5.74, 6) is 0. The molecule has 0 aromatic heterocycles. The van der Waals surface area contributed by atoms with E-state index in [1.165, 1.54) is 0 Å². The molecule has 6 heteroatoms. The summed E-state index contributed by atoms with van der Waals surface area (Å²) in [5, 5.41) is 25.9. The number of hydrogen-bond acceptors (Lipinski definition) is 6. The van der Waals surface area contributed by atoms with Gasteiger partial charge in [0.2, 0.25) is 0 Å². The molecule has 2 rings (SSSR count). The molecule has 0 bridgehead atoms. The Morgan fingerprint density at radius 2 is 2.07 bits per heavy atom. The van der Waals surface area contributed by atoms with Crippen molar-refractivity contribution < 1.29 is 0 Å². The second kappa shape index (κ2) is 3.34. The minimum atomic E-state index is 0.180. The first kappa shape index (κ1) is 9.63. The van der Waals surface area contributed by atoms with Crippen LogP contribution in [-0.2, 0) is 0 Å². The summed E-state index contributed by atoms with van der Waals surface area (Å²) in [7, 11) is 1.73. The second-order valence-corrected chi connectivity index (χ2v) is 3.11. The van der Waals surface area contributed by atoms with Gasteiger partial charge in [0.1, 0.15) is 0 Å². The lowest BCUT2D eigenvalue weighted by molar-refractivity contribution is 0.515. The number of fused-ring (bicyclic) bond motifs is 1. The van der Waals surface area contributed by atoms with Crippen LogP contribution in [0.1, 0.15) is 5.56 Å². The first-order chi connectivity index (χ1) is 7.15. The molecule has 0 radical (unpaired) electrons. The highest BCUT2D eigenvalue weighted by atomic mass is 16.7. The van der Waals surface area contributed by atoms with Crippen molar-refractivity contribution in [3.8, 4) is 0 Å². The maximum absolute atomic E-state index is 11.5. The molecule has 0 saturated carbocycles. The second-order valence-electron chi connectivity index (χ2n) is 3.11. The number of hydroxylamine groups is 1. The average Bonchev–Trinajstić information content (AvgIpc) is 2.24. The molecule has 0 saturated heterocycles. The lowest BCUT2D eigenvalue weighted by atomic mass is 10.1. The quantitative estimate of drug-likeness (QED) is 0.673. The van der Waals surface area contributed by atoms with Gasteiger partial charge >= 0.3 is 0 Å². The molecule has 0 atom stereocenters. The molecule has 3 N–H and O–H groups in total. The highest BCUT2D eigenvalue weighted by Crippen LogP contribution is 2.37. The Kier molecular flexibility index (Phi) is 2.14. The van der Waals surface area contributed by atoms with Crippen molar-refractivity contribution in [1.82, 2.24) is 5.17 Å². The summed E-state index contributed by atoms with van der Waals surface area (Å²) in [6, 6.07) is 3.34. The molecule has 1 aliphatic heterocycles. The lowest BCUT2D eigenvalue weighted by Crippen LogP contribution is -2.32. The summed E-state index contributed by atoms with van der Waals surface area (Å²) < 4.78 is 0. The zero-order valence-electron chi connectivity index (χ0n) is 8.10. The predicted molar refractivity (Wildman–Crippen MR) is 60.5 cm³/mol. The van der Waals surface area contributed by atoms with Crippen LogP contribution in [0.3, 0.4) is 0 Å². The molecular weight excluding hydrogens is 196 g/mol. The van der Waals surface area contributed by atoms with Crippen molar-refractivity contribution >= 4 is 23.1 Å². The Labute approximate surface area is 86.7 Å². The molecule has 80 valence electrons. The number of hydrogen-bond donors (Lipinski definition) is 2. The van der Waals surface area contributed by atoms with Gasteiger partial charge in [0.25, 0.3) is 0 Å². The fraction of sp³-hybridized carbons (Fsp3) is 0.111. The van der Waals surface area contributed by atoms with Crippen LogP contribution in [0.25, 0.3) is 6.08 Å². The van der Waals surface area contributed by atoms with E-state index in [9.17, 15) is 10.4 Å². The van der Waals surface area contributed by atoms with Crippen molar-refractivity contribution in [3.63, 3.8) is 0 Å². The van der Waals surface area contributed by atoms with Gasteiger partial charge in [0.15, 0.2) is 0 Å². The van der Waals surface area contributed by atoms with E-state index in [4.69, 9.17) is 5.73 Å². The van der Waals surface area contributed by atoms with E-state index in [1.807, 2.05) is 0 Å². The first-order valence-corrected chi connectivity index (χ1v) is 4.37. The predicted octanol–water partition coefficient (Wildman–Crippen LogP) is 1.31. The minimum Gasteiger partial charge on any atom is -0.740 e. The molecule has 6 nitrogen and oxygen atoms in total. The van der Waals surface area contributed by atoms with Gasteiger partial charge in [-0.05, 0) is 18.2 Å². The molecule has 0 amide bonds. The van der Waals surface area contributed by atoms with E-state index in [0.717, 1.165) is 11.9 Å². The van der Waals surface area contributed by atoms with Gasteiger partial charge in [0, 0.05) is 24.5 Å².